The van der Waals surface area contributed by atoms with E-state index in [4.69, 9.17) is 4.42 Å². The number of likely N-dealkylation sites (tertiary alicyclic amines) is 1. The van der Waals surface area contributed by atoms with Crippen LogP contribution in [0.25, 0.3) is 0 Å². The molecule has 0 bridgehead atoms. The van der Waals surface area contributed by atoms with Gasteiger partial charge in [-0.15, -0.1) is 0 Å². The van der Waals surface area contributed by atoms with Crippen LogP contribution in [0.4, 0.5) is 0 Å². The van der Waals surface area contributed by atoms with Gasteiger partial charge in [-0.1, -0.05) is 0 Å². The highest BCUT2D eigenvalue weighted by atomic mass is 32.2. The number of nitrogens with zero attached hydrogens (tertiary/aromatic N) is 2. The number of amides is 1. The third-order valence-electron chi connectivity index (χ3n) is 3.49. The third-order valence-corrected chi connectivity index (χ3v) is 5.49. The van der Waals surface area contributed by atoms with E-state index in [-0.39, 0.29) is 24.7 Å². The quantitative estimate of drug-likeness (QED) is 0.845. The van der Waals surface area contributed by atoms with Crippen LogP contribution in [0.3, 0.4) is 0 Å². The predicted octanol–water partition coefficient (Wildman–Crippen LogP) is 1.11. The standard InChI is InChI=1S/C14H14N2O4S/c17-14(11-3-5-15-6-4-11)16-8-13(9-16)21(18,19)10-12-2-1-7-20-12/h1-7,13H,8-10H2. The van der Waals surface area contributed by atoms with Crippen LogP contribution >= 0.6 is 0 Å². The summed E-state index contributed by atoms with van der Waals surface area (Å²) in [6, 6.07) is 6.53. The van der Waals surface area contributed by atoms with Crippen LogP contribution in [-0.4, -0.2) is 42.5 Å². The number of rotatable bonds is 4. The zero-order valence-electron chi connectivity index (χ0n) is 11.2. The zero-order chi connectivity index (χ0) is 14.9. The van der Waals surface area contributed by atoms with Crippen LogP contribution in [0.5, 0.6) is 0 Å². The van der Waals surface area contributed by atoms with Gasteiger partial charge in [0.05, 0.1) is 11.5 Å². The van der Waals surface area contributed by atoms with E-state index in [0.29, 0.717) is 11.3 Å². The molecule has 2 aromatic rings. The Morgan fingerprint density at radius 3 is 2.62 bits per heavy atom. The molecular formula is C14H14N2O4S. The molecule has 6 nitrogen and oxygen atoms in total. The zero-order valence-corrected chi connectivity index (χ0v) is 12.0. The summed E-state index contributed by atoms with van der Waals surface area (Å²) < 4.78 is 29.4. The Morgan fingerprint density at radius 1 is 1.29 bits per heavy atom. The topological polar surface area (TPSA) is 80.5 Å². The first-order valence-corrected chi connectivity index (χ1v) is 8.21. The molecule has 0 unspecified atom stereocenters. The van der Waals surface area contributed by atoms with Crippen LogP contribution < -0.4 is 0 Å². The summed E-state index contributed by atoms with van der Waals surface area (Å²) in [4.78, 5) is 17.5. The molecular weight excluding hydrogens is 292 g/mol. The van der Waals surface area contributed by atoms with Crippen LogP contribution in [0.15, 0.2) is 47.3 Å². The maximum atomic E-state index is 12.2. The van der Waals surface area contributed by atoms with Crippen molar-refractivity contribution in [3.05, 3.63) is 54.2 Å². The number of hydrogen-bond acceptors (Lipinski definition) is 5. The van der Waals surface area contributed by atoms with Gasteiger partial charge in [0.2, 0.25) is 0 Å². The Labute approximate surface area is 122 Å². The Hall–Kier alpha value is -2.15. The minimum Gasteiger partial charge on any atom is -0.468 e. The highest BCUT2D eigenvalue weighted by Crippen LogP contribution is 2.22. The molecule has 3 rings (SSSR count). The number of sulfone groups is 1. The van der Waals surface area contributed by atoms with Crippen molar-refractivity contribution < 1.29 is 17.6 Å². The molecule has 1 aliphatic heterocycles. The smallest absolute Gasteiger partial charge is 0.254 e. The first-order valence-electron chi connectivity index (χ1n) is 6.49. The van der Waals surface area contributed by atoms with Crippen molar-refractivity contribution in [2.24, 2.45) is 0 Å². The predicted molar refractivity (Wildman–Crippen MR) is 75.3 cm³/mol. The van der Waals surface area contributed by atoms with Gasteiger partial charge in [0, 0.05) is 31.0 Å². The fourth-order valence-corrected chi connectivity index (χ4v) is 3.83. The molecule has 1 aliphatic rings. The molecule has 0 aromatic carbocycles. The molecule has 0 spiro atoms. The Balaban J connectivity index is 1.61. The van der Waals surface area contributed by atoms with Crippen molar-refractivity contribution >= 4 is 15.7 Å². The Bertz CT molecular complexity index is 720. The van der Waals surface area contributed by atoms with Gasteiger partial charge in [0.15, 0.2) is 9.84 Å². The second-order valence-corrected chi connectivity index (χ2v) is 7.24. The number of aromatic nitrogens is 1. The largest absolute Gasteiger partial charge is 0.468 e. The molecule has 1 saturated heterocycles. The SMILES string of the molecule is O=C(c1ccncc1)N1CC(S(=O)(=O)Cc2ccco2)C1. The van der Waals surface area contributed by atoms with Gasteiger partial charge in [0.1, 0.15) is 11.5 Å². The molecule has 7 heteroatoms. The summed E-state index contributed by atoms with van der Waals surface area (Å²) in [7, 11) is -3.30. The molecule has 0 radical (unpaired) electrons. The molecule has 21 heavy (non-hydrogen) atoms. The van der Waals surface area contributed by atoms with Crippen LogP contribution in [0, 0.1) is 0 Å². The van der Waals surface area contributed by atoms with Crippen molar-refractivity contribution in [3.8, 4) is 0 Å². The normalized spacial score (nSPS) is 15.7. The molecule has 2 aromatic heterocycles. The van der Waals surface area contributed by atoms with Gasteiger partial charge in [-0.2, -0.15) is 0 Å². The van der Waals surface area contributed by atoms with Crippen molar-refractivity contribution in [1.29, 1.82) is 0 Å². The van der Waals surface area contributed by atoms with Crippen LogP contribution in [0.1, 0.15) is 16.1 Å². The number of carbonyl (C=O) groups excluding carboxylic acids is 1. The van der Waals surface area contributed by atoms with E-state index >= 15 is 0 Å². The molecule has 0 N–H and O–H groups in total. The number of carbonyl (C=O) groups is 1. The summed E-state index contributed by atoms with van der Waals surface area (Å²) >= 11 is 0. The molecule has 1 amide bonds. The number of pyridine rings is 1. The van der Waals surface area contributed by atoms with E-state index in [2.05, 4.69) is 4.98 Å². The summed E-state index contributed by atoms with van der Waals surface area (Å²) in [5.41, 5.74) is 0.520. The van der Waals surface area contributed by atoms with Crippen molar-refractivity contribution in [2.45, 2.75) is 11.0 Å². The molecule has 0 atom stereocenters. The lowest BCUT2D eigenvalue weighted by Gasteiger charge is -2.38. The first kappa shape index (κ1) is 13.8. The van der Waals surface area contributed by atoms with Gasteiger partial charge in [-0.3, -0.25) is 9.78 Å². The fraction of sp³-hybridized carbons (Fsp3) is 0.286. The minimum atomic E-state index is -3.30. The van der Waals surface area contributed by atoms with E-state index in [1.54, 1.807) is 24.3 Å². The monoisotopic (exact) mass is 306 g/mol. The average molecular weight is 306 g/mol. The van der Waals surface area contributed by atoms with E-state index in [0.717, 1.165) is 0 Å². The van der Waals surface area contributed by atoms with Crippen LogP contribution in [-0.2, 0) is 15.6 Å². The van der Waals surface area contributed by atoms with E-state index in [9.17, 15) is 13.2 Å². The lowest BCUT2D eigenvalue weighted by Crippen LogP contribution is -2.57. The molecule has 0 aliphatic carbocycles. The highest BCUT2D eigenvalue weighted by Gasteiger charge is 2.40. The van der Waals surface area contributed by atoms with Gasteiger partial charge in [-0.05, 0) is 24.3 Å². The Kier molecular flexibility index (Phi) is 3.50. The molecule has 110 valence electrons. The highest BCUT2D eigenvalue weighted by molar-refractivity contribution is 7.91. The number of hydrogen-bond donors (Lipinski definition) is 0. The lowest BCUT2D eigenvalue weighted by molar-refractivity contribution is 0.0658. The van der Waals surface area contributed by atoms with Crippen molar-refractivity contribution in [1.82, 2.24) is 9.88 Å². The van der Waals surface area contributed by atoms with Crippen molar-refractivity contribution in [2.75, 3.05) is 13.1 Å². The van der Waals surface area contributed by atoms with E-state index < -0.39 is 15.1 Å². The Morgan fingerprint density at radius 2 is 2.00 bits per heavy atom. The summed E-state index contributed by atoms with van der Waals surface area (Å²) in [6.45, 7) is 0.453. The molecule has 0 saturated carbocycles. The van der Waals surface area contributed by atoms with E-state index in [1.165, 1.54) is 23.6 Å². The minimum absolute atomic E-state index is 0.123. The lowest BCUT2D eigenvalue weighted by atomic mass is 10.1. The second-order valence-electron chi connectivity index (χ2n) is 4.95. The fourth-order valence-electron chi connectivity index (χ4n) is 2.22. The third kappa shape index (κ3) is 2.82. The van der Waals surface area contributed by atoms with Gasteiger partial charge >= 0.3 is 0 Å². The second kappa shape index (κ2) is 5.33. The molecule has 1 fully saturated rings. The summed E-state index contributed by atoms with van der Waals surface area (Å²) in [5, 5.41) is -0.520. The van der Waals surface area contributed by atoms with Gasteiger partial charge < -0.3 is 9.32 Å². The number of furan rings is 1. The van der Waals surface area contributed by atoms with Gasteiger partial charge in [-0.25, -0.2) is 8.42 Å². The first-order chi connectivity index (χ1) is 10.1. The average Bonchev–Trinajstić information content (AvgIpc) is 2.89. The van der Waals surface area contributed by atoms with E-state index in [1.807, 2.05) is 0 Å². The maximum absolute atomic E-state index is 12.2. The van der Waals surface area contributed by atoms with Crippen LogP contribution in [0.2, 0.25) is 0 Å². The maximum Gasteiger partial charge on any atom is 0.254 e. The summed E-state index contributed by atoms with van der Waals surface area (Å²) in [6.07, 6.45) is 4.53. The van der Waals surface area contributed by atoms with Crippen molar-refractivity contribution in [3.63, 3.8) is 0 Å². The van der Waals surface area contributed by atoms with Gasteiger partial charge in [0.25, 0.3) is 5.91 Å². The summed E-state index contributed by atoms with van der Waals surface area (Å²) in [5.74, 6) is 0.137. The molecule has 3 heterocycles.